The normalized spacial score (nSPS) is 10.5. The van der Waals surface area contributed by atoms with Crippen LogP contribution in [-0.4, -0.2) is 31.3 Å². The molecule has 0 aliphatic heterocycles. The highest BCUT2D eigenvalue weighted by Crippen LogP contribution is 2.11. The lowest BCUT2D eigenvalue weighted by Gasteiger charge is -2.04. The van der Waals surface area contributed by atoms with Crippen molar-refractivity contribution < 1.29 is 4.39 Å². The Morgan fingerprint density at radius 2 is 2.29 bits per heavy atom. The van der Waals surface area contributed by atoms with Gasteiger partial charge in [-0.15, -0.1) is 0 Å². The van der Waals surface area contributed by atoms with Crippen molar-refractivity contribution in [3.8, 4) is 0 Å². The summed E-state index contributed by atoms with van der Waals surface area (Å²) in [6, 6.07) is 0. The van der Waals surface area contributed by atoms with Crippen LogP contribution in [0.1, 0.15) is 5.82 Å². The summed E-state index contributed by atoms with van der Waals surface area (Å²) in [5, 5.41) is 6.91. The Morgan fingerprint density at radius 1 is 1.47 bits per heavy atom. The number of rotatable bonds is 4. The minimum absolute atomic E-state index is 0.00450. The molecule has 8 heteroatoms. The molecule has 2 rings (SSSR count). The van der Waals surface area contributed by atoms with E-state index in [-0.39, 0.29) is 11.1 Å². The maximum Gasteiger partial charge on any atom is 0.224 e. The number of hydrogen-bond acceptors (Lipinski definition) is 5. The lowest BCUT2D eigenvalue weighted by Crippen LogP contribution is -2.09. The van der Waals surface area contributed by atoms with Gasteiger partial charge in [0.1, 0.15) is 6.33 Å². The molecule has 2 heterocycles. The van der Waals surface area contributed by atoms with Crippen molar-refractivity contribution in [1.29, 1.82) is 0 Å². The van der Waals surface area contributed by atoms with Crippen LogP contribution in [0.3, 0.4) is 0 Å². The zero-order valence-corrected chi connectivity index (χ0v) is 9.82. The van der Waals surface area contributed by atoms with Crippen LogP contribution in [0, 0.1) is 5.82 Å². The van der Waals surface area contributed by atoms with Crippen molar-refractivity contribution in [3.63, 3.8) is 0 Å². The minimum Gasteiger partial charge on any atom is -0.367 e. The van der Waals surface area contributed by atoms with Gasteiger partial charge >= 0.3 is 0 Å². The van der Waals surface area contributed by atoms with Crippen LogP contribution in [0.15, 0.2) is 12.5 Å². The zero-order valence-electron chi connectivity index (χ0n) is 9.06. The average molecular weight is 257 g/mol. The summed E-state index contributed by atoms with van der Waals surface area (Å²) >= 11 is 5.56. The SMILES string of the molecule is Cn1cnc(CCNc2nc(Cl)ncc2F)n1. The third kappa shape index (κ3) is 3.10. The molecule has 0 atom stereocenters. The predicted octanol–water partition coefficient (Wildman–Crippen LogP) is 1.05. The van der Waals surface area contributed by atoms with Crippen LogP contribution in [0.5, 0.6) is 0 Å². The summed E-state index contributed by atoms with van der Waals surface area (Å²) in [6.07, 6.45) is 3.20. The van der Waals surface area contributed by atoms with Gasteiger partial charge in [-0.1, -0.05) is 0 Å². The maximum atomic E-state index is 13.2. The van der Waals surface area contributed by atoms with E-state index in [2.05, 4.69) is 25.4 Å². The molecule has 2 aromatic rings. The summed E-state index contributed by atoms with van der Waals surface area (Å²) in [5.41, 5.74) is 0. The Hall–Kier alpha value is -1.76. The molecule has 0 bridgehead atoms. The molecule has 0 spiro atoms. The van der Waals surface area contributed by atoms with E-state index in [0.717, 1.165) is 6.20 Å². The van der Waals surface area contributed by atoms with Crippen LogP contribution in [0.2, 0.25) is 5.28 Å². The molecule has 0 fully saturated rings. The number of anilines is 1. The maximum absolute atomic E-state index is 13.2. The molecule has 0 unspecified atom stereocenters. The topological polar surface area (TPSA) is 68.5 Å². The largest absolute Gasteiger partial charge is 0.367 e. The third-order valence-corrected chi connectivity index (χ3v) is 2.18. The highest BCUT2D eigenvalue weighted by molar-refractivity contribution is 6.28. The smallest absolute Gasteiger partial charge is 0.224 e. The number of nitrogens with zero attached hydrogens (tertiary/aromatic N) is 5. The summed E-state index contributed by atoms with van der Waals surface area (Å²) in [6.45, 7) is 0.467. The molecule has 6 nitrogen and oxygen atoms in total. The Balaban J connectivity index is 1.91. The summed E-state index contributed by atoms with van der Waals surface area (Å²) in [5.74, 6) is 0.227. The van der Waals surface area contributed by atoms with E-state index in [1.165, 1.54) is 0 Å². The van der Waals surface area contributed by atoms with E-state index >= 15 is 0 Å². The van der Waals surface area contributed by atoms with Gasteiger partial charge in [0, 0.05) is 20.0 Å². The molecule has 2 aromatic heterocycles. The van der Waals surface area contributed by atoms with Crippen molar-refractivity contribution in [2.24, 2.45) is 7.05 Å². The second-order valence-electron chi connectivity index (χ2n) is 3.35. The van der Waals surface area contributed by atoms with E-state index in [9.17, 15) is 4.39 Å². The van der Waals surface area contributed by atoms with Gasteiger partial charge in [0.15, 0.2) is 17.5 Å². The molecule has 0 radical (unpaired) electrons. The molecule has 0 amide bonds. The molecule has 0 aliphatic rings. The van der Waals surface area contributed by atoms with Crippen LogP contribution in [-0.2, 0) is 13.5 Å². The molecule has 0 saturated heterocycles. The van der Waals surface area contributed by atoms with E-state index < -0.39 is 5.82 Å². The van der Waals surface area contributed by atoms with E-state index in [1.54, 1.807) is 18.1 Å². The van der Waals surface area contributed by atoms with Crippen molar-refractivity contribution >= 4 is 17.4 Å². The standard InChI is InChI=1S/C9H10ClFN6/c1-17-5-14-7(16-17)2-3-12-8-6(11)4-13-9(10)15-8/h4-5H,2-3H2,1H3,(H,12,13,15). The fourth-order valence-corrected chi connectivity index (χ4v) is 1.39. The first-order chi connectivity index (χ1) is 8.15. The van der Waals surface area contributed by atoms with E-state index in [4.69, 9.17) is 11.6 Å². The lowest BCUT2D eigenvalue weighted by atomic mass is 10.4. The Labute approximate surface area is 102 Å². The van der Waals surface area contributed by atoms with Gasteiger partial charge in [-0.05, 0) is 11.6 Å². The molecule has 1 N–H and O–H groups in total. The first-order valence-corrected chi connectivity index (χ1v) is 5.29. The van der Waals surface area contributed by atoms with Gasteiger partial charge in [0.25, 0.3) is 0 Å². The second-order valence-corrected chi connectivity index (χ2v) is 3.68. The molecular formula is C9H10ClFN6. The first-order valence-electron chi connectivity index (χ1n) is 4.91. The van der Waals surface area contributed by atoms with Gasteiger partial charge in [0.05, 0.1) is 6.20 Å². The van der Waals surface area contributed by atoms with Gasteiger partial charge in [-0.25, -0.2) is 14.4 Å². The monoisotopic (exact) mass is 256 g/mol. The number of nitrogens with one attached hydrogen (secondary N) is 1. The van der Waals surface area contributed by atoms with Crippen LogP contribution >= 0.6 is 11.6 Å². The van der Waals surface area contributed by atoms with Crippen molar-refractivity contribution in [3.05, 3.63) is 29.4 Å². The zero-order chi connectivity index (χ0) is 12.3. The number of aryl methyl sites for hydroxylation is 1. The fourth-order valence-electron chi connectivity index (χ4n) is 1.26. The van der Waals surface area contributed by atoms with E-state index in [0.29, 0.717) is 18.8 Å². The molecule has 0 aliphatic carbocycles. The van der Waals surface area contributed by atoms with Crippen LogP contribution in [0.4, 0.5) is 10.2 Å². The fraction of sp³-hybridized carbons (Fsp3) is 0.333. The van der Waals surface area contributed by atoms with E-state index in [1.807, 2.05) is 0 Å². The van der Waals surface area contributed by atoms with Gasteiger partial charge < -0.3 is 5.32 Å². The number of aromatic nitrogens is 5. The van der Waals surface area contributed by atoms with Crippen LogP contribution < -0.4 is 5.32 Å². The quantitative estimate of drug-likeness (QED) is 0.829. The lowest BCUT2D eigenvalue weighted by molar-refractivity contribution is 0.616. The van der Waals surface area contributed by atoms with Crippen molar-refractivity contribution in [2.75, 3.05) is 11.9 Å². The Kier molecular flexibility index (Phi) is 3.48. The Bertz CT molecular complexity index is 514. The molecular weight excluding hydrogens is 247 g/mol. The van der Waals surface area contributed by atoms with Crippen molar-refractivity contribution in [2.45, 2.75) is 6.42 Å². The summed E-state index contributed by atoms with van der Waals surface area (Å²) < 4.78 is 14.8. The summed E-state index contributed by atoms with van der Waals surface area (Å²) in [7, 11) is 1.79. The first kappa shape index (κ1) is 11.7. The highest BCUT2D eigenvalue weighted by atomic mass is 35.5. The summed E-state index contributed by atoms with van der Waals surface area (Å²) in [4.78, 5) is 11.3. The molecule has 0 aromatic carbocycles. The minimum atomic E-state index is -0.539. The van der Waals surface area contributed by atoms with Gasteiger partial charge in [-0.3, -0.25) is 4.68 Å². The number of hydrogen-bond donors (Lipinski definition) is 1. The van der Waals surface area contributed by atoms with Crippen molar-refractivity contribution in [1.82, 2.24) is 24.7 Å². The highest BCUT2D eigenvalue weighted by Gasteiger charge is 2.05. The van der Waals surface area contributed by atoms with Crippen LogP contribution in [0.25, 0.3) is 0 Å². The van der Waals surface area contributed by atoms with Gasteiger partial charge in [0.2, 0.25) is 5.28 Å². The Morgan fingerprint density at radius 3 is 3.00 bits per heavy atom. The third-order valence-electron chi connectivity index (χ3n) is 2.00. The molecule has 0 saturated carbocycles. The molecule has 17 heavy (non-hydrogen) atoms. The average Bonchev–Trinajstić information content (AvgIpc) is 2.69. The molecule has 90 valence electrons. The predicted molar refractivity (Wildman–Crippen MR) is 60.2 cm³/mol. The number of halogens is 2. The second kappa shape index (κ2) is 5.05. The van der Waals surface area contributed by atoms with Gasteiger partial charge in [-0.2, -0.15) is 10.1 Å².